The van der Waals surface area contributed by atoms with Crippen molar-refractivity contribution >= 4 is 11.9 Å². The normalized spacial score (nSPS) is 18.9. The number of carbonyl (C=O) groups is 2. The van der Waals surface area contributed by atoms with Gasteiger partial charge in [-0.15, -0.1) is 0 Å². The zero-order valence-corrected chi connectivity index (χ0v) is 7.70. The lowest BCUT2D eigenvalue weighted by Gasteiger charge is -2.26. The monoisotopic (exact) mass is 223 g/mol. The summed E-state index contributed by atoms with van der Waals surface area (Å²) in [6.45, 7) is -0.751. The predicted molar refractivity (Wildman–Crippen MR) is 45.6 cm³/mol. The van der Waals surface area contributed by atoms with Gasteiger partial charge in [-0.2, -0.15) is 0 Å². The number of aliphatic carboxylic acids is 2. The van der Waals surface area contributed by atoms with Gasteiger partial charge in [-0.1, -0.05) is 0 Å². The number of aliphatic hydroxyl groups is 3. The van der Waals surface area contributed by atoms with Gasteiger partial charge < -0.3 is 25.5 Å². The molecule has 8 heteroatoms. The summed E-state index contributed by atoms with van der Waals surface area (Å²) in [7, 11) is 0. The smallest absolute Gasteiger partial charge is 0.351 e. The highest BCUT2D eigenvalue weighted by atomic mass is 16.4. The Labute approximate surface area is 84.6 Å². The van der Waals surface area contributed by atoms with Gasteiger partial charge >= 0.3 is 11.9 Å². The second-order valence-corrected chi connectivity index (χ2v) is 3.09. The van der Waals surface area contributed by atoms with Crippen LogP contribution in [0.2, 0.25) is 0 Å². The van der Waals surface area contributed by atoms with E-state index in [2.05, 4.69) is 0 Å². The van der Waals surface area contributed by atoms with Crippen molar-refractivity contribution in [2.75, 3.05) is 6.61 Å². The van der Waals surface area contributed by atoms with Crippen LogP contribution in [0.1, 0.15) is 6.42 Å². The van der Waals surface area contributed by atoms with E-state index in [1.165, 1.54) is 0 Å². The average Bonchev–Trinajstić information content (AvgIpc) is 2.12. The van der Waals surface area contributed by atoms with E-state index in [0.29, 0.717) is 0 Å². The maximum atomic E-state index is 10.6. The first kappa shape index (κ1) is 13.8. The van der Waals surface area contributed by atoms with E-state index in [4.69, 9.17) is 26.2 Å². The van der Waals surface area contributed by atoms with Gasteiger partial charge in [-0.3, -0.25) is 10.5 Å². The average molecular weight is 223 g/mol. The van der Waals surface area contributed by atoms with Crippen molar-refractivity contribution in [3.05, 3.63) is 0 Å². The number of rotatable bonds is 6. The summed E-state index contributed by atoms with van der Waals surface area (Å²) in [6.07, 6.45) is -2.12. The molecule has 0 aromatic rings. The van der Waals surface area contributed by atoms with Crippen molar-refractivity contribution < 1.29 is 35.1 Å². The largest absolute Gasteiger partial charge is 0.481 e. The third-order valence-electron chi connectivity index (χ3n) is 1.89. The van der Waals surface area contributed by atoms with Crippen LogP contribution in [-0.4, -0.2) is 55.9 Å². The van der Waals surface area contributed by atoms with Crippen molar-refractivity contribution in [2.24, 2.45) is 11.7 Å². The number of carboxylic acid groups (broad SMARTS) is 2. The van der Waals surface area contributed by atoms with Crippen molar-refractivity contribution in [2.45, 2.75) is 18.2 Å². The van der Waals surface area contributed by atoms with E-state index in [-0.39, 0.29) is 0 Å². The molecule has 0 saturated carbocycles. The number of hydrogen-bond donors (Lipinski definition) is 6. The highest BCUT2D eigenvalue weighted by Gasteiger charge is 2.45. The minimum absolute atomic E-state index is 0.662. The molecular weight excluding hydrogens is 210 g/mol. The number of carboxylic acids is 2. The predicted octanol–water partition coefficient (Wildman–Crippen LogP) is -2.84. The molecule has 0 fully saturated rings. The maximum absolute atomic E-state index is 10.6. The van der Waals surface area contributed by atoms with Gasteiger partial charge in [-0.05, 0) is 6.42 Å². The first-order chi connectivity index (χ1) is 6.73. The highest BCUT2D eigenvalue weighted by Crippen LogP contribution is 2.18. The fourth-order valence-electron chi connectivity index (χ4n) is 0.964. The molecule has 8 nitrogen and oxygen atoms in total. The Morgan fingerprint density at radius 2 is 1.80 bits per heavy atom. The van der Waals surface area contributed by atoms with E-state index in [9.17, 15) is 14.7 Å². The molecule has 0 radical (unpaired) electrons. The van der Waals surface area contributed by atoms with Gasteiger partial charge in [0.2, 0.25) is 5.72 Å². The van der Waals surface area contributed by atoms with E-state index in [0.717, 1.165) is 0 Å². The van der Waals surface area contributed by atoms with Gasteiger partial charge in [0.25, 0.3) is 0 Å². The molecule has 0 aliphatic heterocycles. The Morgan fingerprint density at radius 1 is 1.33 bits per heavy atom. The molecule has 0 aromatic carbocycles. The lowest BCUT2D eigenvalue weighted by molar-refractivity contribution is -0.175. The number of hydrogen-bond acceptors (Lipinski definition) is 6. The van der Waals surface area contributed by atoms with Crippen molar-refractivity contribution in [3.8, 4) is 0 Å². The Balaban J connectivity index is 4.82. The van der Waals surface area contributed by atoms with Crippen molar-refractivity contribution in [1.29, 1.82) is 0 Å². The third-order valence-corrected chi connectivity index (χ3v) is 1.89. The van der Waals surface area contributed by atoms with Gasteiger partial charge in [0.15, 0.2) is 0 Å². The van der Waals surface area contributed by atoms with Gasteiger partial charge in [0, 0.05) is 0 Å². The summed E-state index contributed by atoms with van der Waals surface area (Å²) in [6, 6.07) is 0. The quantitative estimate of drug-likeness (QED) is 0.262. The Kier molecular flexibility index (Phi) is 4.62. The molecule has 0 bridgehead atoms. The minimum Gasteiger partial charge on any atom is -0.481 e. The summed E-state index contributed by atoms with van der Waals surface area (Å²) < 4.78 is 0. The van der Waals surface area contributed by atoms with Gasteiger partial charge in [0.05, 0.1) is 12.7 Å². The summed E-state index contributed by atoms with van der Waals surface area (Å²) in [5.74, 6) is -5.49. The third kappa shape index (κ3) is 3.44. The minimum atomic E-state index is -2.98. The first-order valence-corrected chi connectivity index (χ1v) is 3.99. The second kappa shape index (κ2) is 5.03. The fraction of sp³-hybridized carbons (Fsp3) is 0.714. The Morgan fingerprint density at radius 3 is 2.07 bits per heavy atom. The molecule has 0 saturated heterocycles. The second-order valence-electron chi connectivity index (χ2n) is 3.09. The number of nitrogens with two attached hydrogens (primary N) is 1. The first-order valence-electron chi connectivity index (χ1n) is 3.99. The van der Waals surface area contributed by atoms with Crippen LogP contribution >= 0.6 is 0 Å². The molecule has 0 aliphatic carbocycles. The molecule has 7 N–H and O–H groups in total. The molecule has 0 heterocycles. The molecule has 0 aliphatic rings. The SMILES string of the molecule is NC(O)(C(=O)O)C(CC(O)CO)C(=O)O. The van der Waals surface area contributed by atoms with Crippen molar-refractivity contribution in [1.82, 2.24) is 0 Å². The molecule has 0 rings (SSSR count). The van der Waals surface area contributed by atoms with Gasteiger partial charge in [0.1, 0.15) is 5.92 Å². The van der Waals surface area contributed by atoms with E-state index in [1.807, 2.05) is 0 Å². The van der Waals surface area contributed by atoms with Crippen LogP contribution in [0.5, 0.6) is 0 Å². The van der Waals surface area contributed by atoms with Crippen LogP contribution in [0.4, 0.5) is 0 Å². The van der Waals surface area contributed by atoms with E-state index >= 15 is 0 Å². The summed E-state index contributed by atoms with van der Waals surface area (Å²) >= 11 is 0. The highest BCUT2D eigenvalue weighted by molar-refractivity contribution is 5.84. The number of aliphatic hydroxyl groups excluding tert-OH is 2. The molecular formula is C7H13NO7. The zero-order chi connectivity index (χ0) is 12.2. The Hall–Kier alpha value is -1.22. The molecule has 3 atom stereocenters. The van der Waals surface area contributed by atoms with Crippen LogP contribution in [0.3, 0.4) is 0 Å². The molecule has 88 valence electrons. The molecule has 0 amide bonds. The summed E-state index contributed by atoms with van der Waals surface area (Å²) in [4.78, 5) is 21.1. The van der Waals surface area contributed by atoms with Crippen molar-refractivity contribution in [3.63, 3.8) is 0 Å². The molecule has 0 aromatic heterocycles. The zero-order valence-electron chi connectivity index (χ0n) is 7.70. The summed E-state index contributed by atoms with van der Waals surface area (Å²) in [5, 5.41) is 43.6. The Bertz CT molecular complexity index is 252. The lowest BCUT2D eigenvalue weighted by atomic mass is 9.90. The van der Waals surface area contributed by atoms with Crippen LogP contribution in [0, 0.1) is 5.92 Å². The van der Waals surface area contributed by atoms with Crippen LogP contribution in [0.15, 0.2) is 0 Å². The van der Waals surface area contributed by atoms with Crippen LogP contribution < -0.4 is 5.73 Å². The molecule has 3 unspecified atom stereocenters. The lowest BCUT2D eigenvalue weighted by Crippen LogP contribution is -2.57. The van der Waals surface area contributed by atoms with E-state index in [1.54, 1.807) is 0 Å². The van der Waals surface area contributed by atoms with Gasteiger partial charge in [-0.25, -0.2) is 4.79 Å². The van der Waals surface area contributed by atoms with E-state index < -0.39 is 42.7 Å². The molecule has 0 spiro atoms. The maximum Gasteiger partial charge on any atom is 0.351 e. The molecule has 15 heavy (non-hydrogen) atoms. The van der Waals surface area contributed by atoms with Crippen LogP contribution in [-0.2, 0) is 9.59 Å². The van der Waals surface area contributed by atoms with Crippen LogP contribution in [0.25, 0.3) is 0 Å². The fourth-order valence-corrected chi connectivity index (χ4v) is 0.964. The standard InChI is InChI=1S/C7H13NO7/c8-7(15,6(13)14)4(5(11)12)1-3(10)2-9/h3-4,9-10,15H,1-2,8H2,(H,11,12)(H,13,14). The topological polar surface area (TPSA) is 161 Å². The summed E-state index contributed by atoms with van der Waals surface area (Å²) in [5.41, 5.74) is 1.91.